The third-order valence-corrected chi connectivity index (χ3v) is 3.52. The molecule has 3 rings (SSSR count). The molecule has 0 fully saturated rings. The monoisotopic (exact) mass is 317 g/mol. The van der Waals surface area contributed by atoms with E-state index in [0.29, 0.717) is 6.42 Å². The van der Waals surface area contributed by atoms with E-state index in [2.05, 4.69) is 21.2 Å². The van der Waals surface area contributed by atoms with Gasteiger partial charge in [-0.05, 0) is 29.8 Å². The number of nitrogens with one attached hydrogen (secondary N) is 1. The summed E-state index contributed by atoms with van der Waals surface area (Å²) in [7, 11) is 0. The van der Waals surface area contributed by atoms with Gasteiger partial charge in [0.25, 0.3) is 5.91 Å². The smallest absolute Gasteiger partial charge is 0.265 e. The van der Waals surface area contributed by atoms with Gasteiger partial charge in [0.05, 0.1) is 0 Å². The van der Waals surface area contributed by atoms with Crippen LogP contribution in [0.4, 0.5) is 5.69 Å². The molecule has 3 nitrogen and oxygen atoms in total. The lowest BCUT2D eigenvalue weighted by Gasteiger charge is -2.11. The van der Waals surface area contributed by atoms with Crippen molar-refractivity contribution in [2.24, 2.45) is 0 Å². The van der Waals surface area contributed by atoms with Crippen molar-refractivity contribution < 1.29 is 9.53 Å². The van der Waals surface area contributed by atoms with Gasteiger partial charge in [0.2, 0.25) is 0 Å². The molecular weight excluding hydrogens is 306 g/mol. The highest BCUT2D eigenvalue weighted by atomic mass is 79.9. The van der Waals surface area contributed by atoms with Crippen molar-refractivity contribution in [3.05, 3.63) is 58.6 Å². The molecule has 1 aliphatic rings. The number of anilines is 1. The Kier molecular flexibility index (Phi) is 3.25. The van der Waals surface area contributed by atoms with Crippen LogP contribution in [0.1, 0.15) is 5.56 Å². The standard InChI is InChI=1S/C15H12BrNO2/c16-11-5-3-6-12(9-11)17-15(18)14-8-10-4-1-2-7-13(10)19-14/h1-7,9,14H,8H2,(H,17,18). The second kappa shape index (κ2) is 5.05. The number of halogens is 1. The van der Waals surface area contributed by atoms with Crippen LogP contribution >= 0.6 is 15.9 Å². The first-order chi connectivity index (χ1) is 9.22. The molecule has 0 aliphatic carbocycles. The highest BCUT2D eigenvalue weighted by molar-refractivity contribution is 9.10. The van der Waals surface area contributed by atoms with Gasteiger partial charge in [-0.25, -0.2) is 0 Å². The maximum absolute atomic E-state index is 12.1. The highest BCUT2D eigenvalue weighted by Crippen LogP contribution is 2.28. The molecule has 1 amide bonds. The van der Waals surface area contributed by atoms with E-state index in [1.54, 1.807) is 0 Å². The van der Waals surface area contributed by atoms with Gasteiger partial charge in [0, 0.05) is 16.6 Å². The topological polar surface area (TPSA) is 38.3 Å². The summed E-state index contributed by atoms with van der Waals surface area (Å²) in [5.74, 6) is 0.686. The molecule has 2 aromatic carbocycles. The van der Waals surface area contributed by atoms with E-state index >= 15 is 0 Å². The largest absolute Gasteiger partial charge is 0.480 e. The Balaban J connectivity index is 1.70. The predicted molar refractivity (Wildman–Crippen MR) is 77.3 cm³/mol. The van der Waals surface area contributed by atoms with E-state index in [-0.39, 0.29) is 5.91 Å². The number of hydrogen-bond acceptors (Lipinski definition) is 2. The molecule has 1 atom stereocenters. The molecule has 4 heteroatoms. The third-order valence-electron chi connectivity index (χ3n) is 3.03. The fraction of sp³-hybridized carbons (Fsp3) is 0.133. The van der Waals surface area contributed by atoms with Crippen molar-refractivity contribution in [3.63, 3.8) is 0 Å². The first kappa shape index (κ1) is 12.2. The SMILES string of the molecule is O=C(Nc1cccc(Br)c1)C1Cc2ccccc2O1. The normalized spacial score (nSPS) is 16.6. The van der Waals surface area contributed by atoms with E-state index in [9.17, 15) is 4.79 Å². The average Bonchev–Trinajstić information content (AvgIpc) is 2.82. The Morgan fingerprint density at radius 1 is 1.21 bits per heavy atom. The Morgan fingerprint density at radius 3 is 2.84 bits per heavy atom. The number of fused-ring (bicyclic) bond motifs is 1. The summed E-state index contributed by atoms with van der Waals surface area (Å²) in [5.41, 5.74) is 1.84. The average molecular weight is 318 g/mol. The van der Waals surface area contributed by atoms with E-state index in [1.165, 1.54) is 0 Å². The van der Waals surface area contributed by atoms with Gasteiger partial charge < -0.3 is 10.1 Å². The minimum Gasteiger partial charge on any atom is -0.480 e. The van der Waals surface area contributed by atoms with Crippen LogP contribution in [-0.2, 0) is 11.2 Å². The Labute approximate surface area is 119 Å². The van der Waals surface area contributed by atoms with Gasteiger partial charge in [0.1, 0.15) is 5.75 Å². The summed E-state index contributed by atoms with van der Waals surface area (Å²) in [4.78, 5) is 12.1. The minimum absolute atomic E-state index is 0.116. The molecule has 0 bridgehead atoms. The molecule has 1 aliphatic heterocycles. The first-order valence-electron chi connectivity index (χ1n) is 6.03. The van der Waals surface area contributed by atoms with E-state index in [1.807, 2.05) is 48.5 Å². The predicted octanol–water partition coefficient (Wildman–Crippen LogP) is 3.39. The van der Waals surface area contributed by atoms with Crippen LogP contribution in [0.25, 0.3) is 0 Å². The number of carbonyl (C=O) groups is 1. The highest BCUT2D eigenvalue weighted by Gasteiger charge is 2.28. The van der Waals surface area contributed by atoms with Crippen molar-refractivity contribution >= 4 is 27.5 Å². The maximum atomic E-state index is 12.1. The van der Waals surface area contributed by atoms with Crippen molar-refractivity contribution in [1.29, 1.82) is 0 Å². The van der Waals surface area contributed by atoms with Crippen LogP contribution in [0.3, 0.4) is 0 Å². The zero-order valence-corrected chi connectivity index (χ0v) is 11.7. The fourth-order valence-electron chi connectivity index (χ4n) is 2.12. The third kappa shape index (κ3) is 2.63. The van der Waals surface area contributed by atoms with Crippen LogP contribution in [0.5, 0.6) is 5.75 Å². The Hall–Kier alpha value is -1.81. The molecular formula is C15H12BrNO2. The lowest BCUT2D eigenvalue weighted by molar-refractivity contribution is -0.122. The maximum Gasteiger partial charge on any atom is 0.265 e. The van der Waals surface area contributed by atoms with Gasteiger partial charge in [-0.2, -0.15) is 0 Å². The molecule has 19 heavy (non-hydrogen) atoms. The van der Waals surface area contributed by atoms with Crippen molar-refractivity contribution in [2.45, 2.75) is 12.5 Å². The van der Waals surface area contributed by atoms with Gasteiger partial charge >= 0.3 is 0 Å². The van der Waals surface area contributed by atoms with Crippen LogP contribution < -0.4 is 10.1 Å². The summed E-state index contributed by atoms with van der Waals surface area (Å²) in [6, 6.07) is 15.2. The Bertz CT molecular complexity index is 602. The minimum atomic E-state index is -0.448. The lowest BCUT2D eigenvalue weighted by Crippen LogP contribution is -2.31. The number of amides is 1. The molecule has 96 valence electrons. The molecule has 0 saturated carbocycles. The fourth-order valence-corrected chi connectivity index (χ4v) is 2.52. The first-order valence-corrected chi connectivity index (χ1v) is 6.83. The molecule has 2 aromatic rings. The van der Waals surface area contributed by atoms with Gasteiger partial charge in [0.15, 0.2) is 6.10 Å². The molecule has 1 N–H and O–H groups in total. The van der Waals surface area contributed by atoms with Gasteiger partial charge in [-0.1, -0.05) is 40.2 Å². The molecule has 0 aromatic heterocycles. The van der Waals surface area contributed by atoms with Gasteiger partial charge in [-0.15, -0.1) is 0 Å². The summed E-state index contributed by atoms with van der Waals surface area (Å²) < 4.78 is 6.58. The van der Waals surface area contributed by atoms with Crippen LogP contribution in [0.2, 0.25) is 0 Å². The van der Waals surface area contributed by atoms with Crippen molar-refractivity contribution in [3.8, 4) is 5.75 Å². The molecule has 0 saturated heterocycles. The zero-order valence-electron chi connectivity index (χ0n) is 10.1. The van der Waals surface area contributed by atoms with Crippen molar-refractivity contribution in [1.82, 2.24) is 0 Å². The number of rotatable bonds is 2. The second-order valence-corrected chi connectivity index (χ2v) is 5.33. The van der Waals surface area contributed by atoms with Gasteiger partial charge in [-0.3, -0.25) is 4.79 Å². The van der Waals surface area contributed by atoms with Crippen LogP contribution in [0, 0.1) is 0 Å². The summed E-state index contributed by atoms with van der Waals surface area (Å²) in [5, 5.41) is 2.87. The summed E-state index contributed by atoms with van der Waals surface area (Å²) in [6.07, 6.45) is 0.173. The summed E-state index contributed by atoms with van der Waals surface area (Å²) in [6.45, 7) is 0. The molecule has 1 heterocycles. The Morgan fingerprint density at radius 2 is 2.05 bits per heavy atom. The lowest BCUT2D eigenvalue weighted by atomic mass is 10.1. The molecule has 0 spiro atoms. The number of para-hydroxylation sites is 1. The number of benzene rings is 2. The number of carbonyl (C=O) groups excluding carboxylic acids is 1. The van der Waals surface area contributed by atoms with Crippen LogP contribution in [-0.4, -0.2) is 12.0 Å². The van der Waals surface area contributed by atoms with Crippen molar-refractivity contribution in [2.75, 3.05) is 5.32 Å². The van der Waals surface area contributed by atoms with E-state index < -0.39 is 6.10 Å². The second-order valence-electron chi connectivity index (χ2n) is 4.42. The van der Waals surface area contributed by atoms with E-state index in [0.717, 1.165) is 21.5 Å². The number of hydrogen-bond donors (Lipinski definition) is 1. The number of ether oxygens (including phenoxy) is 1. The van der Waals surface area contributed by atoms with E-state index in [4.69, 9.17) is 4.74 Å². The quantitative estimate of drug-likeness (QED) is 0.922. The zero-order chi connectivity index (χ0) is 13.2. The molecule has 1 unspecified atom stereocenters. The van der Waals surface area contributed by atoms with Crippen LogP contribution in [0.15, 0.2) is 53.0 Å². The summed E-state index contributed by atoms with van der Waals surface area (Å²) >= 11 is 3.38. The molecule has 0 radical (unpaired) electrons.